The van der Waals surface area contributed by atoms with Crippen molar-refractivity contribution in [1.82, 2.24) is 0 Å². The lowest BCUT2D eigenvalue weighted by Gasteiger charge is -2.35. The largest absolute Gasteiger partial charge is 0.385 e. The molecule has 0 spiro atoms. The van der Waals surface area contributed by atoms with Gasteiger partial charge in [0.1, 0.15) is 0 Å². The monoisotopic (exact) mass is 217 g/mol. The van der Waals surface area contributed by atoms with E-state index in [0.29, 0.717) is 5.41 Å². The molecular weight excluding hydrogens is 194 g/mol. The van der Waals surface area contributed by atoms with Crippen molar-refractivity contribution in [2.24, 2.45) is 11.3 Å². The van der Waals surface area contributed by atoms with Crippen LogP contribution < -0.4 is 5.32 Å². The summed E-state index contributed by atoms with van der Waals surface area (Å²) in [4.78, 5) is 0. The van der Waals surface area contributed by atoms with E-state index >= 15 is 0 Å². The summed E-state index contributed by atoms with van der Waals surface area (Å²) in [5.41, 5.74) is 4.68. The summed E-state index contributed by atoms with van der Waals surface area (Å²) < 4.78 is 0. The maximum atomic E-state index is 3.59. The van der Waals surface area contributed by atoms with Gasteiger partial charge in [-0.1, -0.05) is 39.8 Å². The average Bonchev–Trinajstić information content (AvgIpc) is 2.26. The van der Waals surface area contributed by atoms with Crippen LogP contribution >= 0.6 is 0 Å². The number of hydrogen-bond donors (Lipinski definition) is 1. The summed E-state index contributed by atoms with van der Waals surface area (Å²) in [5.74, 6) is 0.743. The number of rotatable bonds is 1. The summed E-state index contributed by atoms with van der Waals surface area (Å²) in [7, 11) is 0. The minimum absolute atomic E-state index is 0.397. The van der Waals surface area contributed by atoms with E-state index in [-0.39, 0.29) is 0 Å². The van der Waals surface area contributed by atoms with Gasteiger partial charge < -0.3 is 5.32 Å². The van der Waals surface area contributed by atoms with Crippen LogP contribution in [0.5, 0.6) is 0 Å². The van der Waals surface area contributed by atoms with Crippen LogP contribution in [0.2, 0.25) is 0 Å². The van der Waals surface area contributed by atoms with Crippen LogP contribution in [0.3, 0.4) is 0 Å². The fourth-order valence-electron chi connectivity index (χ4n) is 2.37. The quantitative estimate of drug-likeness (QED) is 0.752. The molecular formula is C15H23N. The van der Waals surface area contributed by atoms with Gasteiger partial charge in [-0.15, -0.1) is 0 Å². The van der Waals surface area contributed by atoms with Gasteiger partial charge in [-0.25, -0.2) is 0 Å². The molecule has 88 valence electrons. The molecule has 1 atom stereocenters. The number of fused-ring (bicyclic) bond motifs is 1. The highest BCUT2D eigenvalue weighted by atomic mass is 14.9. The van der Waals surface area contributed by atoms with Crippen molar-refractivity contribution in [3.63, 3.8) is 0 Å². The van der Waals surface area contributed by atoms with Crippen molar-refractivity contribution in [3.8, 4) is 0 Å². The molecule has 1 aromatic carbocycles. The Morgan fingerprint density at radius 1 is 1.31 bits per heavy atom. The minimum Gasteiger partial charge on any atom is -0.385 e. The molecule has 2 rings (SSSR count). The maximum absolute atomic E-state index is 3.59. The third-order valence-electron chi connectivity index (χ3n) is 3.81. The molecule has 0 aromatic heterocycles. The summed E-state index contributed by atoms with van der Waals surface area (Å²) in [5, 5.41) is 3.59. The third-order valence-corrected chi connectivity index (χ3v) is 3.81. The van der Waals surface area contributed by atoms with Crippen LogP contribution in [0.4, 0.5) is 5.69 Å². The van der Waals surface area contributed by atoms with Crippen LogP contribution in [0.25, 0.3) is 0 Å². The van der Waals surface area contributed by atoms with E-state index in [9.17, 15) is 0 Å². The Morgan fingerprint density at radius 3 is 2.69 bits per heavy atom. The second-order valence-electron chi connectivity index (χ2n) is 5.99. The second kappa shape index (κ2) is 4.12. The number of aryl methyl sites for hydroxylation is 1. The first-order chi connectivity index (χ1) is 7.50. The predicted molar refractivity (Wildman–Crippen MR) is 71.0 cm³/mol. The molecule has 1 aliphatic heterocycles. The zero-order chi connectivity index (χ0) is 11.8. The molecule has 0 aliphatic carbocycles. The molecule has 0 saturated heterocycles. The highest BCUT2D eigenvalue weighted by Gasteiger charge is 2.28. The van der Waals surface area contributed by atoms with Crippen molar-refractivity contribution >= 4 is 5.69 Å². The van der Waals surface area contributed by atoms with E-state index in [2.05, 4.69) is 51.2 Å². The first-order valence-electron chi connectivity index (χ1n) is 6.36. The Kier molecular flexibility index (Phi) is 2.96. The number of benzene rings is 1. The van der Waals surface area contributed by atoms with Crippen molar-refractivity contribution in [1.29, 1.82) is 0 Å². The molecule has 1 nitrogen and oxygen atoms in total. The predicted octanol–water partition coefficient (Wildman–Crippen LogP) is 3.88. The normalized spacial score (nSPS) is 20.1. The SMILES string of the molecule is CCc1ccc2c(c1)NCC(C(C)(C)C)C2. The summed E-state index contributed by atoms with van der Waals surface area (Å²) in [6, 6.07) is 6.89. The van der Waals surface area contributed by atoms with Crippen LogP contribution in [0.15, 0.2) is 18.2 Å². The highest BCUT2D eigenvalue weighted by Crippen LogP contribution is 2.35. The lowest BCUT2D eigenvalue weighted by molar-refractivity contribution is 0.247. The van der Waals surface area contributed by atoms with Gasteiger partial charge in [0.25, 0.3) is 0 Å². The van der Waals surface area contributed by atoms with Gasteiger partial charge in [0.05, 0.1) is 0 Å². The Morgan fingerprint density at radius 2 is 2.06 bits per heavy atom. The third kappa shape index (κ3) is 2.23. The molecule has 0 fully saturated rings. The van der Waals surface area contributed by atoms with E-state index in [4.69, 9.17) is 0 Å². The van der Waals surface area contributed by atoms with Crippen LogP contribution in [-0.2, 0) is 12.8 Å². The maximum Gasteiger partial charge on any atom is 0.0375 e. The Hall–Kier alpha value is -0.980. The Bertz CT molecular complexity index is 374. The molecule has 1 heterocycles. The molecule has 0 saturated carbocycles. The molecule has 1 aromatic rings. The second-order valence-corrected chi connectivity index (χ2v) is 5.99. The summed E-state index contributed by atoms with van der Waals surface area (Å²) in [6.07, 6.45) is 2.34. The van der Waals surface area contributed by atoms with Gasteiger partial charge in [0, 0.05) is 12.2 Å². The van der Waals surface area contributed by atoms with Gasteiger partial charge in [-0.2, -0.15) is 0 Å². The first kappa shape index (κ1) is 11.5. The van der Waals surface area contributed by atoms with Crippen molar-refractivity contribution in [2.75, 3.05) is 11.9 Å². The van der Waals surface area contributed by atoms with E-state index in [0.717, 1.165) is 18.9 Å². The number of anilines is 1. The van der Waals surface area contributed by atoms with Crippen LogP contribution in [-0.4, -0.2) is 6.54 Å². The topological polar surface area (TPSA) is 12.0 Å². The van der Waals surface area contributed by atoms with E-state index in [1.54, 1.807) is 0 Å². The molecule has 1 aliphatic rings. The molecule has 1 unspecified atom stereocenters. The molecule has 0 radical (unpaired) electrons. The highest BCUT2D eigenvalue weighted by molar-refractivity contribution is 5.55. The minimum atomic E-state index is 0.397. The number of nitrogens with one attached hydrogen (secondary N) is 1. The lowest BCUT2D eigenvalue weighted by Crippen LogP contribution is -2.33. The van der Waals surface area contributed by atoms with Gasteiger partial charge in [-0.05, 0) is 41.4 Å². The van der Waals surface area contributed by atoms with Crippen LogP contribution in [0.1, 0.15) is 38.8 Å². The lowest BCUT2D eigenvalue weighted by atomic mass is 9.75. The smallest absolute Gasteiger partial charge is 0.0375 e. The average molecular weight is 217 g/mol. The van der Waals surface area contributed by atoms with Crippen LogP contribution in [0, 0.1) is 11.3 Å². The standard InChI is InChI=1S/C15H23N/c1-5-11-6-7-12-9-13(15(2,3)4)10-16-14(12)8-11/h6-8,13,16H,5,9-10H2,1-4H3. The zero-order valence-electron chi connectivity index (χ0n) is 10.9. The molecule has 1 heteroatoms. The van der Waals surface area contributed by atoms with Crippen molar-refractivity contribution in [3.05, 3.63) is 29.3 Å². The zero-order valence-corrected chi connectivity index (χ0v) is 10.9. The van der Waals surface area contributed by atoms with Crippen molar-refractivity contribution in [2.45, 2.75) is 40.5 Å². The number of hydrogen-bond acceptors (Lipinski definition) is 1. The fraction of sp³-hybridized carbons (Fsp3) is 0.600. The van der Waals surface area contributed by atoms with Gasteiger partial charge in [0.15, 0.2) is 0 Å². The summed E-state index contributed by atoms with van der Waals surface area (Å²) >= 11 is 0. The molecule has 1 N–H and O–H groups in total. The molecule has 0 amide bonds. The first-order valence-corrected chi connectivity index (χ1v) is 6.36. The van der Waals surface area contributed by atoms with E-state index < -0.39 is 0 Å². The van der Waals surface area contributed by atoms with Crippen molar-refractivity contribution < 1.29 is 0 Å². The van der Waals surface area contributed by atoms with Gasteiger partial charge in [-0.3, -0.25) is 0 Å². The van der Waals surface area contributed by atoms with E-state index in [1.807, 2.05) is 0 Å². The Labute approximate surface area is 99.3 Å². The molecule has 0 bridgehead atoms. The Balaban J connectivity index is 2.22. The fourth-order valence-corrected chi connectivity index (χ4v) is 2.37. The van der Waals surface area contributed by atoms with Gasteiger partial charge >= 0.3 is 0 Å². The summed E-state index contributed by atoms with van der Waals surface area (Å²) in [6.45, 7) is 10.3. The van der Waals surface area contributed by atoms with Gasteiger partial charge in [0.2, 0.25) is 0 Å². The van der Waals surface area contributed by atoms with E-state index in [1.165, 1.54) is 23.2 Å². The molecule has 16 heavy (non-hydrogen) atoms.